The lowest BCUT2D eigenvalue weighted by molar-refractivity contribution is -0.132. The van der Waals surface area contributed by atoms with E-state index in [0.717, 1.165) is 29.8 Å². The fraction of sp³-hybridized carbons (Fsp3) is 0.500. The summed E-state index contributed by atoms with van der Waals surface area (Å²) in [7, 11) is 1.80. The van der Waals surface area contributed by atoms with Gasteiger partial charge in [-0.2, -0.15) is 0 Å². The lowest BCUT2D eigenvalue weighted by Crippen LogP contribution is -2.29. The second kappa shape index (κ2) is 4.98. The summed E-state index contributed by atoms with van der Waals surface area (Å²) in [6.45, 7) is 4.69. The Balaban J connectivity index is 2.21. The summed E-state index contributed by atoms with van der Waals surface area (Å²) < 4.78 is 5.83. The predicted octanol–water partition coefficient (Wildman–Crippen LogP) is 1.62. The third kappa shape index (κ3) is 2.48. The highest BCUT2D eigenvalue weighted by atomic mass is 16.5. The first-order valence-corrected chi connectivity index (χ1v) is 6.27. The lowest BCUT2D eigenvalue weighted by Gasteiger charge is -2.18. The molecule has 0 aromatic heterocycles. The van der Waals surface area contributed by atoms with E-state index >= 15 is 0 Å². The molecule has 0 saturated carbocycles. The van der Waals surface area contributed by atoms with Crippen molar-refractivity contribution < 1.29 is 9.53 Å². The quantitative estimate of drug-likeness (QED) is 0.884. The van der Waals surface area contributed by atoms with Crippen LogP contribution in [0.5, 0.6) is 5.75 Å². The van der Waals surface area contributed by atoms with Crippen LogP contribution in [-0.4, -0.2) is 30.5 Å². The van der Waals surface area contributed by atoms with Gasteiger partial charge in [-0.3, -0.25) is 4.79 Å². The Morgan fingerprint density at radius 1 is 1.50 bits per heavy atom. The first-order valence-electron chi connectivity index (χ1n) is 6.27. The van der Waals surface area contributed by atoms with Gasteiger partial charge in [0, 0.05) is 31.6 Å². The van der Waals surface area contributed by atoms with Crippen LogP contribution in [0.3, 0.4) is 0 Å². The first kappa shape index (κ1) is 12.9. The number of nitrogens with two attached hydrogens (primary N) is 1. The Morgan fingerprint density at radius 2 is 2.22 bits per heavy atom. The third-order valence-corrected chi connectivity index (χ3v) is 3.30. The van der Waals surface area contributed by atoms with Crippen LogP contribution in [0, 0.1) is 6.92 Å². The second-order valence-electron chi connectivity index (χ2n) is 4.98. The maximum Gasteiger partial charge on any atom is 0.263 e. The van der Waals surface area contributed by atoms with E-state index in [1.165, 1.54) is 0 Å². The molecule has 2 atom stereocenters. The average molecular weight is 248 g/mol. The van der Waals surface area contributed by atoms with Gasteiger partial charge in [-0.15, -0.1) is 0 Å². The number of nitrogens with zero attached hydrogens (tertiary/aromatic N) is 1. The molecule has 0 radical (unpaired) electrons. The lowest BCUT2D eigenvalue weighted by atomic mass is 10.0. The summed E-state index contributed by atoms with van der Waals surface area (Å²) >= 11 is 0. The molecule has 0 spiro atoms. The van der Waals surface area contributed by atoms with E-state index in [9.17, 15) is 4.79 Å². The van der Waals surface area contributed by atoms with Crippen LogP contribution in [0.1, 0.15) is 30.5 Å². The number of benzene rings is 1. The SMILES string of the molecule is Cc1ccc(OC2CCN(C)C2=O)c([C@@H](C)N)c1. The summed E-state index contributed by atoms with van der Waals surface area (Å²) in [5, 5.41) is 0. The molecule has 1 aliphatic rings. The van der Waals surface area contributed by atoms with Gasteiger partial charge in [0.25, 0.3) is 5.91 Å². The van der Waals surface area contributed by atoms with E-state index < -0.39 is 0 Å². The number of amides is 1. The highest BCUT2D eigenvalue weighted by Crippen LogP contribution is 2.27. The molecule has 98 valence electrons. The van der Waals surface area contributed by atoms with Crippen molar-refractivity contribution in [2.45, 2.75) is 32.4 Å². The summed E-state index contributed by atoms with van der Waals surface area (Å²) in [5.74, 6) is 0.774. The molecular weight excluding hydrogens is 228 g/mol. The molecule has 4 nitrogen and oxygen atoms in total. The highest BCUT2D eigenvalue weighted by Gasteiger charge is 2.31. The van der Waals surface area contributed by atoms with Gasteiger partial charge < -0.3 is 15.4 Å². The molecule has 1 aromatic rings. The van der Waals surface area contributed by atoms with Crippen molar-refractivity contribution in [2.75, 3.05) is 13.6 Å². The van der Waals surface area contributed by atoms with Crippen molar-refractivity contribution in [3.8, 4) is 5.75 Å². The fourth-order valence-electron chi connectivity index (χ4n) is 2.18. The van der Waals surface area contributed by atoms with Crippen LogP contribution in [0.15, 0.2) is 18.2 Å². The maximum atomic E-state index is 11.8. The third-order valence-electron chi connectivity index (χ3n) is 3.30. The number of aryl methyl sites for hydroxylation is 1. The number of carbonyl (C=O) groups excluding carboxylic acids is 1. The molecule has 0 bridgehead atoms. The minimum Gasteiger partial charge on any atom is -0.480 e. The molecule has 1 heterocycles. The van der Waals surface area contributed by atoms with Crippen LogP contribution in [0.4, 0.5) is 0 Å². The summed E-state index contributed by atoms with van der Waals surface area (Å²) in [4.78, 5) is 13.5. The molecule has 1 amide bonds. The van der Waals surface area contributed by atoms with Crippen LogP contribution < -0.4 is 10.5 Å². The summed E-state index contributed by atoms with van der Waals surface area (Å²) in [5.41, 5.74) is 8.04. The van der Waals surface area contributed by atoms with Crippen LogP contribution in [-0.2, 0) is 4.79 Å². The van der Waals surface area contributed by atoms with Gasteiger partial charge in [-0.05, 0) is 19.9 Å². The molecule has 1 aliphatic heterocycles. The van der Waals surface area contributed by atoms with Crippen LogP contribution in [0.25, 0.3) is 0 Å². The molecule has 1 aromatic carbocycles. The number of hydrogen-bond acceptors (Lipinski definition) is 3. The summed E-state index contributed by atoms with van der Waals surface area (Å²) in [6.07, 6.45) is 0.372. The van der Waals surface area contributed by atoms with Crippen molar-refractivity contribution in [3.05, 3.63) is 29.3 Å². The second-order valence-corrected chi connectivity index (χ2v) is 4.98. The molecular formula is C14H20N2O2. The maximum absolute atomic E-state index is 11.8. The standard InChI is InChI=1S/C14H20N2O2/c1-9-4-5-12(11(8-9)10(2)15)18-13-6-7-16(3)14(13)17/h4-5,8,10,13H,6-7,15H2,1-3H3/t10-,13?/m1/s1. The van der Waals surface area contributed by atoms with Crippen molar-refractivity contribution in [2.24, 2.45) is 5.73 Å². The number of likely N-dealkylation sites (tertiary alicyclic amines) is 1. The monoisotopic (exact) mass is 248 g/mol. The fourth-order valence-corrected chi connectivity index (χ4v) is 2.18. The Hall–Kier alpha value is -1.55. The minimum atomic E-state index is -0.366. The van der Waals surface area contributed by atoms with Gasteiger partial charge in [-0.25, -0.2) is 0 Å². The van der Waals surface area contributed by atoms with Gasteiger partial charge in [0.2, 0.25) is 0 Å². The summed E-state index contributed by atoms with van der Waals surface area (Å²) in [6, 6.07) is 5.79. The normalized spacial score (nSPS) is 21.2. The Bertz CT molecular complexity index is 457. The van der Waals surface area contributed by atoms with Crippen LogP contribution >= 0.6 is 0 Å². The van der Waals surface area contributed by atoms with Gasteiger partial charge in [0.1, 0.15) is 5.75 Å². The number of carbonyl (C=O) groups is 1. The Kier molecular flexibility index (Phi) is 3.57. The van der Waals surface area contributed by atoms with E-state index in [-0.39, 0.29) is 18.1 Å². The van der Waals surface area contributed by atoms with Crippen molar-refractivity contribution in [1.82, 2.24) is 4.90 Å². The van der Waals surface area contributed by atoms with E-state index in [4.69, 9.17) is 10.5 Å². The molecule has 18 heavy (non-hydrogen) atoms. The largest absolute Gasteiger partial charge is 0.480 e. The van der Waals surface area contributed by atoms with E-state index in [1.807, 2.05) is 32.0 Å². The molecule has 1 fully saturated rings. The first-order chi connectivity index (χ1) is 8.49. The molecule has 2 rings (SSSR count). The van der Waals surface area contributed by atoms with Gasteiger partial charge >= 0.3 is 0 Å². The molecule has 4 heteroatoms. The van der Waals surface area contributed by atoms with Crippen LogP contribution in [0.2, 0.25) is 0 Å². The van der Waals surface area contributed by atoms with Crippen molar-refractivity contribution in [3.63, 3.8) is 0 Å². The molecule has 0 aliphatic carbocycles. The number of likely N-dealkylation sites (N-methyl/N-ethyl adjacent to an activating group) is 1. The highest BCUT2D eigenvalue weighted by molar-refractivity contribution is 5.83. The van der Waals surface area contributed by atoms with Crippen molar-refractivity contribution in [1.29, 1.82) is 0 Å². The number of rotatable bonds is 3. The smallest absolute Gasteiger partial charge is 0.263 e. The Morgan fingerprint density at radius 3 is 2.78 bits per heavy atom. The van der Waals surface area contributed by atoms with Gasteiger partial charge in [-0.1, -0.05) is 17.7 Å². The topological polar surface area (TPSA) is 55.6 Å². The van der Waals surface area contributed by atoms with Crippen molar-refractivity contribution >= 4 is 5.91 Å². The average Bonchev–Trinajstić information content (AvgIpc) is 2.63. The van der Waals surface area contributed by atoms with E-state index in [2.05, 4.69) is 0 Å². The van der Waals surface area contributed by atoms with Gasteiger partial charge in [0.05, 0.1) is 0 Å². The number of hydrogen-bond donors (Lipinski definition) is 1. The minimum absolute atomic E-state index is 0.0474. The molecule has 2 N–H and O–H groups in total. The zero-order valence-corrected chi connectivity index (χ0v) is 11.1. The zero-order chi connectivity index (χ0) is 13.3. The Labute approximate surface area is 108 Å². The zero-order valence-electron chi connectivity index (χ0n) is 11.1. The number of ether oxygens (including phenoxy) is 1. The van der Waals surface area contributed by atoms with E-state index in [1.54, 1.807) is 11.9 Å². The molecule has 1 unspecified atom stereocenters. The van der Waals surface area contributed by atoms with Gasteiger partial charge in [0.15, 0.2) is 6.10 Å². The van der Waals surface area contributed by atoms with E-state index in [0.29, 0.717) is 0 Å². The molecule has 1 saturated heterocycles. The predicted molar refractivity (Wildman–Crippen MR) is 70.5 cm³/mol.